The minimum atomic E-state index is 0.269. The highest BCUT2D eigenvalue weighted by atomic mass is 16.5. The van der Waals surface area contributed by atoms with Crippen LogP contribution in [-0.2, 0) is 9.53 Å². The molecule has 0 bridgehead atoms. The van der Waals surface area contributed by atoms with Crippen molar-refractivity contribution >= 4 is 5.91 Å². The normalized spacial score (nSPS) is 30.1. The van der Waals surface area contributed by atoms with E-state index in [1.165, 1.54) is 12.8 Å². The zero-order valence-electron chi connectivity index (χ0n) is 11.5. The molecule has 0 aromatic rings. The number of hydrogen-bond donors (Lipinski definition) is 1. The number of hydrogen-bond acceptors (Lipinski definition) is 3. The Balaban J connectivity index is 1.59. The predicted molar refractivity (Wildman–Crippen MR) is 71.4 cm³/mol. The van der Waals surface area contributed by atoms with Crippen LogP contribution in [0.25, 0.3) is 0 Å². The topological polar surface area (TPSA) is 41.6 Å². The lowest BCUT2D eigenvalue weighted by molar-refractivity contribution is -0.126. The summed E-state index contributed by atoms with van der Waals surface area (Å²) in [7, 11) is 0. The Morgan fingerprint density at radius 3 is 2.56 bits per heavy atom. The number of morpholine rings is 1. The van der Waals surface area contributed by atoms with E-state index in [2.05, 4.69) is 17.1 Å². The maximum atomic E-state index is 12.0. The Bertz CT molecular complexity index is 257. The first-order valence-electron chi connectivity index (χ1n) is 7.33. The molecule has 1 amide bonds. The van der Waals surface area contributed by atoms with Crippen molar-refractivity contribution in [1.82, 2.24) is 10.2 Å². The molecular weight excluding hydrogens is 228 g/mol. The Kier molecular flexibility index (Phi) is 5.45. The molecule has 2 rings (SSSR count). The number of carbonyl (C=O) groups excluding carboxylic acids is 1. The summed E-state index contributed by atoms with van der Waals surface area (Å²) in [5.41, 5.74) is 0. The van der Waals surface area contributed by atoms with Gasteiger partial charge in [-0.05, 0) is 31.6 Å². The van der Waals surface area contributed by atoms with Gasteiger partial charge in [0.2, 0.25) is 5.91 Å². The summed E-state index contributed by atoms with van der Waals surface area (Å²) in [6.45, 7) is 7.67. The standard InChI is InChI=1S/C14H26N2O2/c1-12-2-4-13(5-3-12)14(17)15-6-7-16-8-10-18-11-9-16/h12-13H,2-11H2,1H3,(H,15,17). The lowest BCUT2D eigenvalue weighted by atomic mass is 9.82. The maximum absolute atomic E-state index is 12.0. The molecule has 4 heteroatoms. The van der Waals surface area contributed by atoms with Gasteiger partial charge in [0, 0.05) is 32.1 Å². The third-order valence-electron chi connectivity index (χ3n) is 4.22. The quantitative estimate of drug-likeness (QED) is 0.821. The molecule has 0 radical (unpaired) electrons. The van der Waals surface area contributed by atoms with E-state index in [1.807, 2.05) is 0 Å². The van der Waals surface area contributed by atoms with Crippen LogP contribution in [0.5, 0.6) is 0 Å². The van der Waals surface area contributed by atoms with E-state index < -0.39 is 0 Å². The summed E-state index contributed by atoms with van der Waals surface area (Å²) in [5, 5.41) is 3.09. The van der Waals surface area contributed by atoms with Gasteiger partial charge in [0.1, 0.15) is 0 Å². The zero-order chi connectivity index (χ0) is 12.8. The minimum absolute atomic E-state index is 0.269. The SMILES string of the molecule is CC1CCC(C(=O)NCCN2CCOCC2)CC1. The molecule has 1 saturated heterocycles. The molecule has 0 unspecified atom stereocenters. The van der Waals surface area contributed by atoms with E-state index in [0.717, 1.165) is 58.2 Å². The van der Waals surface area contributed by atoms with Gasteiger partial charge in [-0.2, -0.15) is 0 Å². The van der Waals surface area contributed by atoms with Crippen molar-refractivity contribution in [2.24, 2.45) is 11.8 Å². The summed E-state index contributed by atoms with van der Waals surface area (Å²) in [4.78, 5) is 14.3. The van der Waals surface area contributed by atoms with Gasteiger partial charge in [0.25, 0.3) is 0 Å². The smallest absolute Gasteiger partial charge is 0.223 e. The minimum Gasteiger partial charge on any atom is -0.379 e. The first-order chi connectivity index (χ1) is 8.75. The fraction of sp³-hybridized carbons (Fsp3) is 0.929. The maximum Gasteiger partial charge on any atom is 0.223 e. The van der Waals surface area contributed by atoms with Crippen LogP contribution in [0.4, 0.5) is 0 Å². The van der Waals surface area contributed by atoms with E-state index in [9.17, 15) is 4.79 Å². The second kappa shape index (κ2) is 7.10. The second-order valence-electron chi connectivity index (χ2n) is 5.70. The Labute approximate surface area is 110 Å². The number of nitrogens with one attached hydrogen (secondary N) is 1. The van der Waals surface area contributed by atoms with Crippen LogP contribution in [0.3, 0.4) is 0 Å². The van der Waals surface area contributed by atoms with Crippen LogP contribution >= 0.6 is 0 Å². The summed E-state index contributed by atoms with van der Waals surface area (Å²) in [5.74, 6) is 1.35. The zero-order valence-corrected chi connectivity index (χ0v) is 11.5. The summed E-state index contributed by atoms with van der Waals surface area (Å²) >= 11 is 0. The van der Waals surface area contributed by atoms with Crippen molar-refractivity contribution in [2.75, 3.05) is 39.4 Å². The molecule has 0 aromatic carbocycles. The average molecular weight is 254 g/mol. The first-order valence-corrected chi connectivity index (χ1v) is 7.33. The number of amides is 1. The van der Waals surface area contributed by atoms with Crippen molar-refractivity contribution < 1.29 is 9.53 Å². The molecule has 0 atom stereocenters. The summed E-state index contributed by atoms with van der Waals surface area (Å²) in [6, 6.07) is 0. The van der Waals surface area contributed by atoms with Crippen LogP contribution in [0.1, 0.15) is 32.6 Å². The molecule has 4 nitrogen and oxygen atoms in total. The van der Waals surface area contributed by atoms with Crippen LogP contribution in [0.2, 0.25) is 0 Å². The van der Waals surface area contributed by atoms with E-state index in [-0.39, 0.29) is 11.8 Å². The molecule has 1 heterocycles. The van der Waals surface area contributed by atoms with Crippen molar-refractivity contribution in [1.29, 1.82) is 0 Å². The van der Waals surface area contributed by atoms with Crippen LogP contribution in [-0.4, -0.2) is 50.2 Å². The molecule has 18 heavy (non-hydrogen) atoms. The molecule has 1 N–H and O–H groups in total. The third-order valence-corrected chi connectivity index (χ3v) is 4.22. The van der Waals surface area contributed by atoms with Crippen molar-refractivity contribution in [2.45, 2.75) is 32.6 Å². The largest absolute Gasteiger partial charge is 0.379 e. The van der Waals surface area contributed by atoms with Gasteiger partial charge in [-0.15, -0.1) is 0 Å². The van der Waals surface area contributed by atoms with Crippen LogP contribution < -0.4 is 5.32 Å². The molecule has 2 aliphatic rings. The number of ether oxygens (including phenoxy) is 1. The Morgan fingerprint density at radius 2 is 1.89 bits per heavy atom. The molecule has 0 aromatic heterocycles. The lowest BCUT2D eigenvalue weighted by Gasteiger charge is -2.28. The molecule has 1 saturated carbocycles. The van der Waals surface area contributed by atoms with Gasteiger partial charge < -0.3 is 10.1 Å². The number of nitrogens with zero attached hydrogens (tertiary/aromatic N) is 1. The highest BCUT2D eigenvalue weighted by Gasteiger charge is 2.24. The highest BCUT2D eigenvalue weighted by molar-refractivity contribution is 5.78. The lowest BCUT2D eigenvalue weighted by Crippen LogP contribution is -2.42. The molecule has 0 spiro atoms. The van der Waals surface area contributed by atoms with E-state index in [4.69, 9.17) is 4.74 Å². The molecular formula is C14H26N2O2. The van der Waals surface area contributed by atoms with Gasteiger partial charge in [0.15, 0.2) is 0 Å². The van der Waals surface area contributed by atoms with Gasteiger partial charge >= 0.3 is 0 Å². The number of rotatable bonds is 4. The summed E-state index contributed by atoms with van der Waals surface area (Å²) < 4.78 is 5.30. The summed E-state index contributed by atoms with van der Waals surface area (Å²) in [6.07, 6.45) is 4.57. The molecule has 1 aliphatic heterocycles. The van der Waals surface area contributed by atoms with Crippen molar-refractivity contribution in [3.63, 3.8) is 0 Å². The van der Waals surface area contributed by atoms with Gasteiger partial charge in [-0.25, -0.2) is 0 Å². The van der Waals surface area contributed by atoms with E-state index in [0.29, 0.717) is 0 Å². The first kappa shape index (κ1) is 13.8. The van der Waals surface area contributed by atoms with Gasteiger partial charge in [-0.1, -0.05) is 6.92 Å². The van der Waals surface area contributed by atoms with Gasteiger partial charge in [0.05, 0.1) is 13.2 Å². The Morgan fingerprint density at radius 1 is 1.22 bits per heavy atom. The number of carbonyl (C=O) groups is 1. The van der Waals surface area contributed by atoms with Crippen LogP contribution in [0, 0.1) is 11.8 Å². The van der Waals surface area contributed by atoms with E-state index in [1.54, 1.807) is 0 Å². The second-order valence-corrected chi connectivity index (χ2v) is 5.70. The predicted octanol–water partition coefficient (Wildman–Crippen LogP) is 1.26. The highest BCUT2D eigenvalue weighted by Crippen LogP contribution is 2.28. The van der Waals surface area contributed by atoms with Gasteiger partial charge in [-0.3, -0.25) is 9.69 Å². The van der Waals surface area contributed by atoms with Crippen molar-refractivity contribution in [3.05, 3.63) is 0 Å². The molecule has 2 fully saturated rings. The van der Waals surface area contributed by atoms with Crippen LogP contribution in [0.15, 0.2) is 0 Å². The van der Waals surface area contributed by atoms with Crippen molar-refractivity contribution in [3.8, 4) is 0 Å². The molecule has 1 aliphatic carbocycles. The fourth-order valence-corrected chi connectivity index (χ4v) is 2.83. The molecule has 104 valence electrons. The third kappa shape index (κ3) is 4.25. The van der Waals surface area contributed by atoms with E-state index >= 15 is 0 Å². The monoisotopic (exact) mass is 254 g/mol. The fourth-order valence-electron chi connectivity index (χ4n) is 2.83. The average Bonchev–Trinajstić information content (AvgIpc) is 2.40. The Hall–Kier alpha value is -0.610.